The molecule has 2 rings (SSSR count). The molecule has 110 valence electrons. The van der Waals surface area contributed by atoms with Gasteiger partial charge in [0.2, 0.25) is 0 Å². The van der Waals surface area contributed by atoms with Crippen molar-refractivity contribution in [3.63, 3.8) is 0 Å². The van der Waals surface area contributed by atoms with Gasteiger partial charge >= 0.3 is 0 Å². The second-order valence-corrected chi connectivity index (χ2v) is 5.48. The number of hydrogen-bond donors (Lipinski definition) is 1. The lowest BCUT2D eigenvalue weighted by Crippen LogP contribution is -2.35. The highest BCUT2D eigenvalue weighted by Crippen LogP contribution is 2.10. The summed E-state index contributed by atoms with van der Waals surface area (Å²) >= 11 is 0. The number of nitrogens with zero attached hydrogens (tertiary/aromatic N) is 1. The molecule has 20 heavy (non-hydrogen) atoms. The lowest BCUT2D eigenvalue weighted by molar-refractivity contribution is 0.0948. The summed E-state index contributed by atoms with van der Waals surface area (Å²) < 4.78 is 13.4. The van der Waals surface area contributed by atoms with E-state index in [-0.39, 0.29) is 11.7 Å². The van der Waals surface area contributed by atoms with Crippen molar-refractivity contribution in [3.05, 3.63) is 35.1 Å². The van der Waals surface area contributed by atoms with E-state index >= 15 is 0 Å². The normalized spacial score (nSPS) is 16.7. The van der Waals surface area contributed by atoms with Gasteiger partial charge in [0.1, 0.15) is 5.82 Å². The lowest BCUT2D eigenvalue weighted by Gasteiger charge is -2.19. The molecule has 3 nitrogen and oxygen atoms in total. The number of hydrogen-bond acceptors (Lipinski definition) is 2. The highest BCUT2D eigenvalue weighted by atomic mass is 19.1. The Morgan fingerprint density at radius 2 is 1.95 bits per heavy atom. The number of rotatable bonds is 4. The van der Waals surface area contributed by atoms with Crippen LogP contribution >= 0.6 is 0 Å². The molecule has 1 aliphatic rings. The van der Waals surface area contributed by atoms with Crippen LogP contribution in [-0.4, -0.2) is 37.0 Å². The van der Waals surface area contributed by atoms with Gasteiger partial charge in [-0.2, -0.15) is 0 Å². The smallest absolute Gasteiger partial charge is 0.251 e. The molecule has 4 heteroatoms. The van der Waals surface area contributed by atoms with Crippen LogP contribution in [0.25, 0.3) is 0 Å². The van der Waals surface area contributed by atoms with E-state index in [1.165, 1.54) is 31.7 Å². The third-order valence-corrected chi connectivity index (χ3v) is 3.85. The maximum absolute atomic E-state index is 13.4. The second kappa shape index (κ2) is 7.39. The summed E-state index contributed by atoms with van der Waals surface area (Å²) in [5.41, 5.74) is 0.954. The van der Waals surface area contributed by atoms with Crippen molar-refractivity contribution < 1.29 is 9.18 Å². The van der Waals surface area contributed by atoms with E-state index in [1.54, 1.807) is 19.1 Å². The van der Waals surface area contributed by atoms with Gasteiger partial charge in [-0.3, -0.25) is 4.79 Å². The zero-order valence-corrected chi connectivity index (χ0v) is 12.1. The Morgan fingerprint density at radius 3 is 2.60 bits per heavy atom. The van der Waals surface area contributed by atoms with E-state index in [0.29, 0.717) is 17.7 Å². The van der Waals surface area contributed by atoms with Crippen LogP contribution in [0.15, 0.2) is 18.2 Å². The van der Waals surface area contributed by atoms with Crippen molar-refractivity contribution in [2.75, 3.05) is 26.2 Å². The quantitative estimate of drug-likeness (QED) is 0.918. The Labute approximate surface area is 120 Å². The molecular formula is C16H23FN2O. The monoisotopic (exact) mass is 278 g/mol. The number of amides is 1. The molecule has 0 unspecified atom stereocenters. The Kier molecular flexibility index (Phi) is 5.53. The minimum atomic E-state index is -0.329. The minimum Gasteiger partial charge on any atom is -0.351 e. The van der Waals surface area contributed by atoms with Crippen LogP contribution in [0.1, 0.15) is 41.6 Å². The molecule has 0 aliphatic carbocycles. The first-order valence-electron chi connectivity index (χ1n) is 7.43. The number of benzene rings is 1. The first kappa shape index (κ1) is 15.0. The van der Waals surface area contributed by atoms with Gasteiger partial charge in [-0.15, -0.1) is 0 Å². The Hall–Kier alpha value is -1.42. The van der Waals surface area contributed by atoms with Gasteiger partial charge < -0.3 is 10.2 Å². The molecule has 0 aromatic heterocycles. The van der Waals surface area contributed by atoms with Crippen LogP contribution < -0.4 is 5.32 Å². The summed E-state index contributed by atoms with van der Waals surface area (Å²) in [6, 6.07) is 4.61. The van der Waals surface area contributed by atoms with Gasteiger partial charge in [0.25, 0.3) is 5.91 Å². The molecular weight excluding hydrogens is 255 g/mol. The van der Waals surface area contributed by atoms with Crippen molar-refractivity contribution in [3.8, 4) is 0 Å². The Bertz CT molecular complexity index is 454. The van der Waals surface area contributed by atoms with Crippen LogP contribution in [0.2, 0.25) is 0 Å². The van der Waals surface area contributed by atoms with Crippen molar-refractivity contribution in [1.29, 1.82) is 0 Å². The van der Waals surface area contributed by atoms with Crippen molar-refractivity contribution in [2.45, 2.75) is 32.6 Å². The van der Waals surface area contributed by atoms with E-state index in [1.807, 2.05) is 0 Å². The number of likely N-dealkylation sites (tertiary alicyclic amines) is 1. The topological polar surface area (TPSA) is 32.3 Å². The molecule has 0 bridgehead atoms. The minimum absolute atomic E-state index is 0.196. The summed E-state index contributed by atoms with van der Waals surface area (Å²) in [5.74, 6) is -0.524. The average Bonchev–Trinajstić information content (AvgIpc) is 2.70. The Morgan fingerprint density at radius 1 is 1.25 bits per heavy atom. The first-order valence-corrected chi connectivity index (χ1v) is 7.43. The number of halogens is 1. The summed E-state index contributed by atoms with van der Waals surface area (Å²) in [4.78, 5) is 14.3. The lowest BCUT2D eigenvalue weighted by atomic mass is 10.1. The van der Waals surface area contributed by atoms with Gasteiger partial charge in [0, 0.05) is 18.7 Å². The predicted molar refractivity (Wildman–Crippen MR) is 78.4 cm³/mol. The van der Waals surface area contributed by atoms with Crippen molar-refractivity contribution in [1.82, 2.24) is 10.2 Å². The zero-order chi connectivity index (χ0) is 14.4. The third-order valence-electron chi connectivity index (χ3n) is 3.85. The van der Waals surface area contributed by atoms with Crippen molar-refractivity contribution >= 4 is 5.91 Å². The van der Waals surface area contributed by atoms with Gasteiger partial charge in [0.05, 0.1) is 0 Å². The molecule has 1 N–H and O–H groups in total. The van der Waals surface area contributed by atoms with Gasteiger partial charge in [-0.1, -0.05) is 18.9 Å². The highest BCUT2D eigenvalue weighted by molar-refractivity contribution is 5.94. The second-order valence-electron chi connectivity index (χ2n) is 5.48. The van der Waals surface area contributed by atoms with E-state index < -0.39 is 0 Å². The van der Waals surface area contributed by atoms with E-state index in [4.69, 9.17) is 0 Å². The van der Waals surface area contributed by atoms with E-state index in [9.17, 15) is 9.18 Å². The van der Waals surface area contributed by atoms with E-state index in [0.717, 1.165) is 19.6 Å². The fraction of sp³-hybridized carbons (Fsp3) is 0.562. The van der Waals surface area contributed by atoms with Crippen LogP contribution in [-0.2, 0) is 0 Å². The molecule has 1 fully saturated rings. The van der Waals surface area contributed by atoms with Gasteiger partial charge in [-0.25, -0.2) is 4.39 Å². The fourth-order valence-electron chi connectivity index (χ4n) is 2.52. The molecule has 1 saturated heterocycles. The van der Waals surface area contributed by atoms with Gasteiger partial charge in [-0.05, 0) is 50.6 Å². The highest BCUT2D eigenvalue weighted by Gasteiger charge is 2.10. The first-order chi connectivity index (χ1) is 9.66. The van der Waals surface area contributed by atoms with Gasteiger partial charge in [0.15, 0.2) is 0 Å². The molecule has 0 atom stereocenters. The largest absolute Gasteiger partial charge is 0.351 e. The molecule has 1 amide bonds. The molecule has 1 aliphatic heterocycles. The SMILES string of the molecule is Cc1ccc(C(=O)NCCN2CCCCCC2)cc1F. The molecule has 1 aromatic rings. The maximum Gasteiger partial charge on any atom is 0.251 e. The number of carbonyl (C=O) groups is 1. The zero-order valence-electron chi connectivity index (χ0n) is 12.1. The van der Waals surface area contributed by atoms with Crippen LogP contribution in [0.3, 0.4) is 0 Å². The Balaban J connectivity index is 1.78. The standard InChI is InChI=1S/C16H23FN2O/c1-13-6-7-14(12-15(13)17)16(20)18-8-11-19-9-4-2-3-5-10-19/h6-7,12H,2-5,8-11H2,1H3,(H,18,20). The number of aryl methyl sites for hydroxylation is 1. The molecule has 0 saturated carbocycles. The molecule has 1 aromatic carbocycles. The third kappa shape index (κ3) is 4.30. The molecule has 0 spiro atoms. The van der Waals surface area contributed by atoms with Crippen LogP contribution in [0.5, 0.6) is 0 Å². The average molecular weight is 278 g/mol. The fourth-order valence-corrected chi connectivity index (χ4v) is 2.52. The summed E-state index contributed by atoms with van der Waals surface area (Å²) in [7, 11) is 0. The van der Waals surface area contributed by atoms with Crippen molar-refractivity contribution in [2.24, 2.45) is 0 Å². The number of nitrogens with one attached hydrogen (secondary N) is 1. The summed E-state index contributed by atoms with van der Waals surface area (Å²) in [5, 5.41) is 2.87. The number of carbonyl (C=O) groups excluding carboxylic acids is 1. The predicted octanol–water partition coefficient (Wildman–Crippen LogP) is 2.74. The summed E-state index contributed by atoms with van der Waals surface area (Å²) in [6.45, 7) is 5.43. The van der Waals surface area contributed by atoms with Crippen LogP contribution in [0.4, 0.5) is 4.39 Å². The molecule has 1 heterocycles. The van der Waals surface area contributed by atoms with E-state index in [2.05, 4.69) is 10.2 Å². The molecule has 0 radical (unpaired) electrons. The maximum atomic E-state index is 13.4. The van der Waals surface area contributed by atoms with Crippen LogP contribution in [0, 0.1) is 12.7 Å². The summed E-state index contributed by atoms with van der Waals surface area (Å²) in [6.07, 6.45) is 5.12.